The van der Waals surface area contributed by atoms with E-state index in [1.807, 2.05) is 6.92 Å². The van der Waals surface area contributed by atoms with Crippen molar-refractivity contribution < 1.29 is 23.4 Å². The molecule has 2 fully saturated rings. The largest absolute Gasteiger partial charge is 0.410 e. The first-order valence-corrected chi connectivity index (χ1v) is 21.2. The molecule has 2 aliphatic heterocycles. The predicted octanol–water partition coefficient (Wildman–Crippen LogP) is 7.95. The van der Waals surface area contributed by atoms with Crippen LogP contribution >= 0.6 is 0 Å². The average molecular weight is 641 g/mol. The Labute approximate surface area is 270 Å². The molecule has 0 radical (unpaired) electrons. The lowest BCUT2D eigenvalue weighted by Gasteiger charge is -2.46. The smallest absolute Gasteiger partial charge is 0.261 e. The Morgan fingerprint density at radius 3 is 1.82 bits per heavy atom. The molecule has 0 aliphatic carbocycles. The van der Waals surface area contributed by atoms with E-state index in [9.17, 15) is 5.11 Å². The number of hydrogen-bond donors (Lipinski definition) is 1. The minimum Gasteiger partial charge on any atom is -0.410 e. The normalized spacial score (nSPS) is 25.0. The number of aliphatic hydroxyl groups is 1. The molecule has 2 aromatic rings. The van der Waals surface area contributed by atoms with Crippen molar-refractivity contribution in [3.63, 3.8) is 0 Å². The summed E-state index contributed by atoms with van der Waals surface area (Å²) in [5, 5.41) is 12.5. The molecule has 5 nitrogen and oxygen atoms in total. The van der Waals surface area contributed by atoms with Gasteiger partial charge in [-0.3, -0.25) is 0 Å². The summed E-state index contributed by atoms with van der Waals surface area (Å²) in [6, 6.07) is 21.7. The molecule has 0 saturated carbocycles. The maximum absolute atomic E-state index is 9.95. The van der Waals surface area contributed by atoms with E-state index in [1.54, 1.807) is 0 Å². The Bertz CT molecular complexity index is 1100. The van der Waals surface area contributed by atoms with Crippen LogP contribution in [-0.4, -0.2) is 58.6 Å². The van der Waals surface area contributed by atoms with Gasteiger partial charge < -0.3 is 23.4 Å². The Morgan fingerprint density at radius 1 is 0.841 bits per heavy atom. The van der Waals surface area contributed by atoms with Crippen LogP contribution in [0.15, 0.2) is 60.7 Å². The SMILES string of the molecule is CC(C)[Si](O[C@@H]1C[C@@H](CCO[Si](c2ccccc2)(c2ccccc2)C(C)(C)C)O[C@@]2(CCC[C@H](C)O)O[C@@H]12)(C(C)C)C(C)C. The van der Waals surface area contributed by atoms with Gasteiger partial charge in [0, 0.05) is 19.4 Å². The number of rotatable bonds is 15. The van der Waals surface area contributed by atoms with Crippen LogP contribution in [0.1, 0.15) is 101 Å². The molecule has 7 heteroatoms. The maximum Gasteiger partial charge on any atom is 0.261 e. The van der Waals surface area contributed by atoms with Crippen molar-refractivity contribution in [3.05, 3.63) is 60.7 Å². The van der Waals surface area contributed by atoms with Crippen molar-refractivity contribution in [2.24, 2.45) is 0 Å². The van der Waals surface area contributed by atoms with E-state index >= 15 is 0 Å². The predicted molar refractivity (Wildman–Crippen MR) is 187 cm³/mol. The van der Waals surface area contributed by atoms with Gasteiger partial charge >= 0.3 is 0 Å². The van der Waals surface area contributed by atoms with Gasteiger partial charge in [0.1, 0.15) is 6.10 Å². The van der Waals surface area contributed by atoms with Gasteiger partial charge in [0.2, 0.25) is 8.32 Å². The van der Waals surface area contributed by atoms with E-state index in [4.69, 9.17) is 18.3 Å². The number of hydrogen-bond acceptors (Lipinski definition) is 5. The summed E-state index contributed by atoms with van der Waals surface area (Å²) < 4.78 is 28.0. The fourth-order valence-electron chi connectivity index (χ4n) is 8.31. The Morgan fingerprint density at radius 2 is 1.36 bits per heavy atom. The zero-order valence-electron chi connectivity index (χ0n) is 29.1. The fraction of sp³-hybridized carbons (Fsp3) is 0.676. The third kappa shape index (κ3) is 7.14. The van der Waals surface area contributed by atoms with Gasteiger partial charge in [-0.05, 0) is 58.2 Å². The standard InChI is InChI=1S/C37H60O5Si2/c1-27(2)43(28(3)4,29(5)6)42-34-26-31(40-37(35(34)41-37)24-17-18-30(7)38)23-25-39-44(36(8,9)10,32-19-13-11-14-20-32)33-21-15-12-16-22-33/h11-16,19-22,27-31,34-35,38H,17-18,23-26H2,1-10H3/t30-,31+,34+,35-,37-/m0/s1. The van der Waals surface area contributed by atoms with Crippen LogP contribution in [0.25, 0.3) is 0 Å². The molecule has 1 N–H and O–H groups in total. The first kappa shape index (κ1) is 35.5. The quantitative estimate of drug-likeness (QED) is 0.158. The van der Waals surface area contributed by atoms with Crippen LogP contribution < -0.4 is 10.4 Å². The van der Waals surface area contributed by atoms with Crippen LogP contribution in [0.3, 0.4) is 0 Å². The van der Waals surface area contributed by atoms with Gasteiger partial charge in [0.25, 0.3) is 8.32 Å². The Kier molecular flexibility index (Phi) is 11.5. The van der Waals surface area contributed by atoms with Crippen molar-refractivity contribution in [2.75, 3.05) is 6.61 Å². The lowest BCUT2D eigenvalue weighted by atomic mass is 9.96. The van der Waals surface area contributed by atoms with Gasteiger partial charge in [0.15, 0.2) is 5.79 Å². The second-order valence-electron chi connectivity index (χ2n) is 15.3. The summed E-state index contributed by atoms with van der Waals surface area (Å²) >= 11 is 0. The molecule has 2 heterocycles. The lowest BCUT2D eigenvalue weighted by molar-refractivity contribution is -0.125. The van der Waals surface area contributed by atoms with Crippen molar-refractivity contribution in [2.45, 2.75) is 153 Å². The van der Waals surface area contributed by atoms with Crippen LogP contribution in [0, 0.1) is 0 Å². The third-order valence-electron chi connectivity index (χ3n) is 10.3. The van der Waals surface area contributed by atoms with E-state index in [0.29, 0.717) is 23.2 Å². The van der Waals surface area contributed by atoms with Crippen LogP contribution in [-0.2, 0) is 18.3 Å². The Balaban J connectivity index is 1.60. The number of benzene rings is 2. The van der Waals surface area contributed by atoms with Gasteiger partial charge in [-0.1, -0.05) is 123 Å². The molecule has 4 rings (SSSR count). The third-order valence-corrected chi connectivity index (χ3v) is 21.5. The molecule has 0 bridgehead atoms. The van der Waals surface area contributed by atoms with Gasteiger partial charge in [0.05, 0.1) is 18.3 Å². The number of epoxide rings is 1. The highest BCUT2D eigenvalue weighted by Crippen LogP contribution is 2.54. The summed E-state index contributed by atoms with van der Waals surface area (Å²) in [6.07, 6.45) is 3.67. The van der Waals surface area contributed by atoms with E-state index in [2.05, 4.69) is 123 Å². The summed E-state index contributed by atoms with van der Waals surface area (Å²) in [5.74, 6) is -0.606. The number of fused-ring (bicyclic) bond motifs is 1. The molecule has 0 amide bonds. The monoisotopic (exact) mass is 640 g/mol. The van der Waals surface area contributed by atoms with E-state index < -0.39 is 22.4 Å². The van der Waals surface area contributed by atoms with Crippen LogP contribution in [0.4, 0.5) is 0 Å². The zero-order valence-corrected chi connectivity index (χ0v) is 31.1. The molecule has 5 atom stereocenters. The van der Waals surface area contributed by atoms with Gasteiger partial charge in [-0.25, -0.2) is 0 Å². The zero-order chi connectivity index (χ0) is 32.3. The molecular weight excluding hydrogens is 581 g/mol. The van der Waals surface area contributed by atoms with Crippen LogP contribution in [0.2, 0.25) is 21.7 Å². The number of aliphatic hydroxyl groups excluding tert-OH is 1. The molecule has 246 valence electrons. The Hall–Kier alpha value is -1.33. The highest BCUT2D eigenvalue weighted by Gasteiger charge is 2.67. The second-order valence-corrected chi connectivity index (χ2v) is 25.1. The summed E-state index contributed by atoms with van der Waals surface area (Å²) in [5.41, 5.74) is 1.52. The summed E-state index contributed by atoms with van der Waals surface area (Å²) in [6.45, 7) is 23.6. The van der Waals surface area contributed by atoms with Gasteiger partial charge in [-0.2, -0.15) is 0 Å². The molecule has 2 aromatic carbocycles. The van der Waals surface area contributed by atoms with Crippen molar-refractivity contribution in [3.8, 4) is 0 Å². The fourth-order valence-corrected chi connectivity index (χ4v) is 18.5. The second kappa shape index (κ2) is 14.2. The highest BCUT2D eigenvalue weighted by molar-refractivity contribution is 6.99. The molecule has 44 heavy (non-hydrogen) atoms. The molecule has 2 aliphatic rings. The maximum atomic E-state index is 9.95. The minimum atomic E-state index is -2.63. The van der Waals surface area contributed by atoms with E-state index in [-0.39, 0.29) is 29.5 Å². The highest BCUT2D eigenvalue weighted by atomic mass is 28.4. The van der Waals surface area contributed by atoms with Crippen molar-refractivity contribution in [1.29, 1.82) is 0 Å². The first-order chi connectivity index (χ1) is 20.7. The van der Waals surface area contributed by atoms with Gasteiger partial charge in [-0.15, -0.1) is 0 Å². The minimum absolute atomic E-state index is 0.0123. The summed E-state index contributed by atoms with van der Waals surface area (Å²) in [4.78, 5) is 0. The average Bonchev–Trinajstić information content (AvgIpc) is 3.68. The number of ether oxygens (including phenoxy) is 2. The molecule has 0 spiro atoms. The van der Waals surface area contributed by atoms with Crippen molar-refractivity contribution >= 4 is 27.0 Å². The van der Waals surface area contributed by atoms with E-state index in [1.165, 1.54) is 10.4 Å². The summed E-state index contributed by atoms with van der Waals surface area (Å²) in [7, 11) is -4.75. The molecular formula is C37H60O5Si2. The molecule has 0 aromatic heterocycles. The lowest BCUT2D eigenvalue weighted by Crippen LogP contribution is -2.66. The topological polar surface area (TPSA) is 60.5 Å². The molecule has 0 unspecified atom stereocenters. The molecule has 2 saturated heterocycles. The van der Waals surface area contributed by atoms with Crippen molar-refractivity contribution in [1.82, 2.24) is 0 Å². The van der Waals surface area contributed by atoms with Crippen LogP contribution in [0.5, 0.6) is 0 Å². The van der Waals surface area contributed by atoms with E-state index in [0.717, 1.165) is 32.1 Å². The first-order valence-electron chi connectivity index (χ1n) is 17.2.